The Kier molecular flexibility index (Phi) is 2.16. The predicted octanol–water partition coefficient (Wildman–Crippen LogP) is 1.45. The Morgan fingerprint density at radius 3 is 1.90 bits per heavy atom. The normalized spacial score (nSPS) is 11.5. The highest BCUT2D eigenvalue weighted by Crippen LogP contribution is 1.99. The Bertz CT molecular complexity index is 205. The lowest BCUT2D eigenvalue weighted by atomic mass is 10.5. The lowest BCUT2D eigenvalue weighted by Gasteiger charge is -2.06. The Hall–Kier alpha value is -0.283. The average Bonchev–Trinajstić information content (AvgIpc) is 1.88. The minimum absolute atomic E-state index is 1.42. The van der Waals surface area contributed by atoms with Gasteiger partial charge in [-0.05, 0) is 12.1 Å². The van der Waals surface area contributed by atoms with Gasteiger partial charge in [0.1, 0.15) is 12.4 Å². The zero-order valence-corrected chi connectivity index (χ0v) is 8.18. The van der Waals surface area contributed by atoms with Crippen LogP contribution in [0.4, 0.5) is 0 Å². The molecule has 10 heavy (non-hydrogen) atoms. The molecule has 1 aromatic heterocycles. The summed E-state index contributed by atoms with van der Waals surface area (Å²) in [5.74, 6) is 0. The van der Waals surface area contributed by atoms with E-state index in [-0.39, 0.29) is 0 Å². The molecule has 1 heterocycles. The smallest absolute Gasteiger partial charge is 0.271 e. The van der Waals surface area contributed by atoms with Crippen molar-refractivity contribution in [1.82, 2.24) is 0 Å². The first-order valence-corrected chi connectivity index (χ1v) is 7.53. The number of rotatable bonds is 1. The molecule has 0 bridgehead atoms. The molecular formula is C7H12NSSi+. The van der Waals surface area contributed by atoms with Crippen LogP contribution >= 0.6 is 12.1 Å². The molecule has 0 unspecified atom stereocenters. The summed E-state index contributed by atoms with van der Waals surface area (Å²) in [5.41, 5.74) is 0. The molecule has 0 radical (unpaired) electrons. The van der Waals surface area contributed by atoms with Gasteiger partial charge >= 0.3 is 7.38 Å². The van der Waals surface area contributed by atoms with E-state index in [1.807, 2.05) is 18.2 Å². The molecule has 1 rings (SSSR count). The molecule has 0 saturated carbocycles. The van der Waals surface area contributed by atoms with Crippen molar-refractivity contribution in [3.05, 3.63) is 30.6 Å². The summed E-state index contributed by atoms with van der Waals surface area (Å²) in [6, 6.07) is 6.08. The maximum Gasteiger partial charge on any atom is 0.418 e. The van der Waals surface area contributed by atoms with Crippen LogP contribution in [0.15, 0.2) is 30.6 Å². The first-order valence-electron chi connectivity index (χ1n) is 3.30. The van der Waals surface area contributed by atoms with Crippen molar-refractivity contribution in [3.8, 4) is 0 Å². The first-order chi connectivity index (χ1) is 4.61. The van der Waals surface area contributed by atoms with Gasteiger partial charge in [-0.3, -0.25) is 4.23 Å². The zero-order chi connectivity index (χ0) is 7.61. The van der Waals surface area contributed by atoms with Crippen molar-refractivity contribution in [2.24, 2.45) is 0 Å². The summed E-state index contributed by atoms with van der Waals surface area (Å²) in [6.45, 7) is 4.38. The fraction of sp³-hybridized carbons (Fsp3) is 0.286. The highest BCUT2D eigenvalue weighted by molar-refractivity contribution is 8.12. The van der Waals surface area contributed by atoms with E-state index in [4.69, 9.17) is 0 Å². The summed E-state index contributed by atoms with van der Waals surface area (Å²) in [5, 5.41) is 0. The first kappa shape index (κ1) is 7.82. The Morgan fingerprint density at radius 1 is 1.10 bits per heavy atom. The SMILES string of the molecule is C[Si](C)(S)[n+]1ccccc1. The van der Waals surface area contributed by atoms with E-state index in [0.717, 1.165) is 0 Å². The quantitative estimate of drug-likeness (QED) is 0.480. The third-order valence-electron chi connectivity index (χ3n) is 1.35. The minimum atomic E-state index is -1.42. The van der Waals surface area contributed by atoms with Gasteiger partial charge in [-0.2, -0.15) is 0 Å². The van der Waals surface area contributed by atoms with Crippen molar-refractivity contribution in [1.29, 1.82) is 0 Å². The Labute approximate surface area is 67.9 Å². The number of hydrogen-bond donors (Lipinski definition) is 1. The topological polar surface area (TPSA) is 3.88 Å². The van der Waals surface area contributed by atoms with Crippen LogP contribution in [0.5, 0.6) is 0 Å². The van der Waals surface area contributed by atoms with Crippen LogP contribution in [-0.2, 0) is 0 Å². The molecule has 0 atom stereocenters. The molecule has 0 aliphatic rings. The van der Waals surface area contributed by atoms with E-state index in [2.05, 4.69) is 41.8 Å². The molecule has 1 nitrogen and oxygen atoms in total. The lowest BCUT2D eigenvalue weighted by molar-refractivity contribution is -0.540. The van der Waals surface area contributed by atoms with Crippen LogP contribution in [0.1, 0.15) is 0 Å². The van der Waals surface area contributed by atoms with Gasteiger partial charge in [0, 0.05) is 13.1 Å². The van der Waals surface area contributed by atoms with Gasteiger partial charge in [0.05, 0.1) is 0 Å². The van der Waals surface area contributed by atoms with Gasteiger partial charge < -0.3 is 0 Å². The van der Waals surface area contributed by atoms with E-state index in [1.165, 1.54) is 0 Å². The van der Waals surface area contributed by atoms with Crippen LogP contribution in [-0.4, -0.2) is 7.38 Å². The fourth-order valence-electron chi connectivity index (χ4n) is 0.763. The van der Waals surface area contributed by atoms with Crippen molar-refractivity contribution >= 4 is 19.5 Å². The zero-order valence-electron chi connectivity index (χ0n) is 6.28. The monoisotopic (exact) mass is 170 g/mol. The highest BCUT2D eigenvalue weighted by Gasteiger charge is 2.28. The van der Waals surface area contributed by atoms with Crippen LogP contribution < -0.4 is 4.23 Å². The predicted molar refractivity (Wildman–Crippen MR) is 48.5 cm³/mol. The van der Waals surface area contributed by atoms with Gasteiger partial charge in [-0.15, -0.1) is 12.1 Å². The molecule has 0 fully saturated rings. The summed E-state index contributed by atoms with van der Waals surface area (Å²) >= 11 is 4.55. The summed E-state index contributed by atoms with van der Waals surface area (Å²) in [4.78, 5) is 0. The van der Waals surface area contributed by atoms with Gasteiger partial charge in [-0.1, -0.05) is 6.07 Å². The molecule has 0 N–H and O–H groups in total. The highest BCUT2D eigenvalue weighted by atomic mass is 32.3. The third-order valence-corrected chi connectivity index (χ3v) is 3.60. The molecular weight excluding hydrogens is 158 g/mol. The molecule has 0 aromatic carbocycles. The van der Waals surface area contributed by atoms with E-state index >= 15 is 0 Å². The molecule has 0 spiro atoms. The Balaban J connectivity index is 2.97. The van der Waals surface area contributed by atoms with Crippen LogP contribution in [0, 0.1) is 0 Å². The molecule has 0 aliphatic carbocycles. The van der Waals surface area contributed by atoms with E-state index < -0.39 is 7.38 Å². The number of aromatic nitrogens is 1. The second kappa shape index (κ2) is 2.76. The fourth-order valence-corrected chi connectivity index (χ4v) is 2.07. The number of thiol groups is 1. The molecule has 0 saturated heterocycles. The molecule has 0 amide bonds. The summed E-state index contributed by atoms with van der Waals surface area (Å²) in [6.07, 6.45) is 4.14. The van der Waals surface area contributed by atoms with Crippen molar-refractivity contribution in [3.63, 3.8) is 0 Å². The van der Waals surface area contributed by atoms with Crippen molar-refractivity contribution in [2.75, 3.05) is 0 Å². The van der Waals surface area contributed by atoms with E-state index in [0.29, 0.717) is 0 Å². The Morgan fingerprint density at radius 2 is 1.60 bits per heavy atom. The van der Waals surface area contributed by atoms with Crippen LogP contribution in [0.2, 0.25) is 13.1 Å². The lowest BCUT2D eigenvalue weighted by Crippen LogP contribution is -2.55. The molecule has 54 valence electrons. The largest absolute Gasteiger partial charge is 0.418 e. The average molecular weight is 170 g/mol. The van der Waals surface area contributed by atoms with E-state index in [9.17, 15) is 0 Å². The summed E-state index contributed by atoms with van der Waals surface area (Å²) < 4.78 is 2.19. The van der Waals surface area contributed by atoms with Crippen LogP contribution in [0.25, 0.3) is 0 Å². The van der Waals surface area contributed by atoms with Gasteiger partial charge in [0.2, 0.25) is 0 Å². The minimum Gasteiger partial charge on any atom is -0.271 e. The van der Waals surface area contributed by atoms with E-state index in [1.54, 1.807) is 0 Å². The summed E-state index contributed by atoms with van der Waals surface area (Å²) in [7, 11) is -1.42. The van der Waals surface area contributed by atoms with Crippen molar-refractivity contribution < 1.29 is 4.23 Å². The second-order valence-corrected chi connectivity index (χ2v) is 9.57. The number of hydrogen-bond acceptors (Lipinski definition) is 1. The van der Waals surface area contributed by atoms with Gasteiger partial charge in [-0.25, -0.2) is 0 Å². The second-order valence-electron chi connectivity index (χ2n) is 2.78. The van der Waals surface area contributed by atoms with Gasteiger partial charge in [0.25, 0.3) is 0 Å². The molecule has 0 aliphatic heterocycles. The molecule has 1 aromatic rings. The number of nitrogens with zero attached hydrogens (tertiary/aromatic N) is 1. The molecule has 3 heteroatoms. The van der Waals surface area contributed by atoms with Gasteiger partial charge in [0.15, 0.2) is 0 Å². The maximum absolute atomic E-state index is 4.55. The maximum atomic E-state index is 4.55. The van der Waals surface area contributed by atoms with Crippen LogP contribution in [0.3, 0.4) is 0 Å². The standard InChI is InChI=1S/C7H12NSSi/c1-10(2,9)8-6-4-3-5-7-8/h3-7,9H,1-2H3/q+1. The number of pyridine rings is 1. The van der Waals surface area contributed by atoms with Crippen molar-refractivity contribution in [2.45, 2.75) is 13.1 Å². The third kappa shape index (κ3) is 1.85.